The first-order chi connectivity index (χ1) is 9.83. The first-order valence-electron chi connectivity index (χ1n) is 6.21. The molecule has 21 heavy (non-hydrogen) atoms. The van der Waals surface area contributed by atoms with E-state index in [4.69, 9.17) is 4.74 Å². The molecule has 0 aliphatic carbocycles. The van der Waals surface area contributed by atoms with E-state index in [-0.39, 0.29) is 11.7 Å². The summed E-state index contributed by atoms with van der Waals surface area (Å²) in [7, 11) is 0. The molecule has 1 aromatic carbocycles. The van der Waals surface area contributed by atoms with Crippen molar-refractivity contribution in [1.82, 2.24) is 4.90 Å². The molecule has 2 aliphatic rings. The van der Waals surface area contributed by atoms with Crippen molar-refractivity contribution in [2.45, 2.75) is 24.9 Å². The molecule has 0 spiro atoms. The molecule has 5 nitrogen and oxygen atoms in total. The Morgan fingerprint density at radius 1 is 1.29 bits per heavy atom. The Morgan fingerprint density at radius 3 is 2.48 bits per heavy atom. The summed E-state index contributed by atoms with van der Waals surface area (Å²) in [5, 5.41) is 0. The normalized spacial score (nSPS) is 24.1. The number of rotatable bonds is 2. The third kappa shape index (κ3) is 2.65. The average Bonchev–Trinajstić information content (AvgIpc) is 2.96. The van der Waals surface area contributed by atoms with Gasteiger partial charge in [0.15, 0.2) is 0 Å². The molecule has 1 aromatic rings. The molecule has 2 aliphatic heterocycles. The summed E-state index contributed by atoms with van der Waals surface area (Å²) in [6.45, 7) is 0.316. The van der Waals surface area contributed by atoms with Gasteiger partial charge in [-0.25, -0.2) is 4.79 Å². The second-order valence-corrected chi connectivity index (χ2v) is 4.84. The summed E-state index contributed by atoms with van der Waals surface area (Å²) in [6.07, 6.45) is -4.58. The number of benzene rings is 1. The van der Waals surface area contributed by atoms with Gasteiger partial charge in [-0.15, -0.1) is 13.2 Å². The lowest BCUT2D eigenvalue weighted by Gasteiger charge is -2.25. The van der Waals surface area contributed by atoms with Gasteiger partial charge in [0.2, 0.25) is 0 Å². The molecule has 2 bridgehead atoms. The van der Waals surface area contributed by atoms with Crippen molar-refractivity contribution in [1.29, 1.82) is 0 Å². The fourth-order valence-corrected chi connectivity index (χ4v) is 2.54. The quantitative estimate of drug-likeness (QED) is 0.781. The van der Waals surface area contributed by atoms with E-state index in [1.54, 1.807) is 0 Å². The van der Waals surface area contributed by atoms with E-state index in [1.165, 1.54) is 17.0 Å². The summed E-state index contributed by atoms with van der Waals surface area (Å²) in [4.78, 5) is 25.1. The SMILES string of the molecule is O=C1OC2CC1N(C(=O)c1ccc(OC(F)(F)F)cc1)C2. The van der Waals surface area contributed by atoms with Gasteiger partial charge in [0.1, 0.15) is 17.9 Å². The molecule has 2 saturated heterocycles. The number of hydrogen-bond donors (Lipinski definition) is 0. The minimum absolute atomic E-state index is 0.199. The van der Waals surface area contributed by atoms with Crippen molar-refractivity contribution >= 4 is 11.9 Å². The minimum Gasteiger partial charge on any atom is -0.459 e. The highest BCUT2D eigenvalue weighted by molar-refractivity contribution is 5.98. The van der Waals surface area contributed by atoms with Gasteiger partial charge in [-0.2, -0.15) is 0 Å². The van der Waals surface area contributed by atoms with Crippen LogP contribution in [0.3, 0.4) is 0 Å². The maximum atomic E-state index is 12.2. The van der Waals surface area contributed by atoms with E-state index in [9.17, 15) is 22.8 Å². The molecular weight excluding hydrogens is 291 g/mol. The van der Waals surface area contributed by atoms with Crippen LogP contribution in [0, 0.1) is 0 Å². The number of alkyl halides is 3. The van der Waals surface area contributed by atoms with Crippen LogP contribution >= 0.6 is 0 Å². The standard InChI is InChI=1S/C13H10F3NO4/c14-13(15,16)21-8-3-1-7(2-4-8)11(18)17-6-9-5-10(17)12(19)20-9/h1-4,9-10H,5-6H2. The van der Waals surface area contributed by atoms with Crippen LogP contribution in [0.5, 0.6) is 5.75 Å². The van der Waals surface area contributed by atoms with Crippen molar-refractivity contribution in [3.05, 3.63) is 29.8 Å². The van der Waals surface area contributed by atoms with Gasteiger partial charge < -0.3 is 14.4 Å². The summed E-state index contributed by atoms with van der Waals surface area (Å²) in [5.41, 5.74) is 0.199. The summed E-state index contributed by atoms with van der Waals surface area (Å²) in [6, 6.07) is 4.01. The van der Waals surface area contributed by atoms with Crippen molar-refractivity contribution in [3.63, 3.8) is 0 Å². The van der Waals surface area contributed by atoms with Crippen LogP contribution in [-0.2, 0) is 9.53 Å². The van der Waals surface area contributed by atoms with E-state index in [1.807, 2.05) is 0 Å². The van der Waals surface area contributed by atoms with Crippen molar-refractivity contribution in [2.24, 2.45) is 0 Å². The molecule has 3 rings (SSSR count). The second kappa shape index (κ2) is 4.64. The van der Waals surface area contributed by atoms with E-state index in [2.05, 4.69) is 4.74 Å². The number of halogens is 3. The first kappa shape index (κ1) is 13.7. The third-order valence-corrected chi connectivity index (χ3v) is 3.41. The van der Waals surface area contributed by atoms with Gasteiger partial charge in [0.25, 0.3) is 5.91 Å². The molecule has 0 radical (unpaired) electrons. The highest BCUT2D eigenvalue weighted by Gasteiger charge is 2.48. The number of ether oxygens (including phenoxy) is 2. The topological polar surface area (TPSA) is 55.8 Å². The number of carbonyl (C=O) groups is 2. The third-order valence-electron chi connectivity index (χ3n) is 3.41. The van der Waals surface area contributed by atoms with Crippen LogP contribution in [0.1, 0.15) is 16.8 Å². The number of amides is 1. The fraction of sp³-hybridized carbons (Fsp3) is 0.385. The zero-order valence-electron chi connectivity index (χ0n) is 10.6. The maximum absolute atomic E-state index is 12.2. The molecular formula is C13H10F3NO4. The molecule has 0 N–H and O–H groups in total. The van der Waals surface area contributed by atoms with Crippen LogP contribution in [-0.4, -0.2) is 41.8 Å². The Balaban J connectivity index is 1.72. The molecule has 2 fully saturated rings. The number of hydrogen-bond acceptors (Lipinski definition) is 4. The highest BCUT2D eigenvalue weighted by Crippen LogP contribution is 2.30. The molecule has 112 valence electrons. The van der Waals surface area contributed by atoms with Crippen LogP contribution in [0.4, 0.5) is 13.2 Å². The monoisotopic (exact) mass is 301 g/mol. The minimum atomic E-state index is -4.77. The Hall–Kier alpha value is -2.25. The van der Waals surface area contributed by atoms with Crippen LogP contribution in [0.25, 0.3) is 0 Å². The van der Waals surface area contributed by atoms with Gasteiger partial charge in [-0.3, -0.25) is 4.79 Å². The maximum Gasteiger partial charge on any atom is 0.573 e. The number of carbonyl (C=O) groups excluding carboxylic acids is 2. The predicted molar refractivity (Wildman–Crippen MR) is 62.4 cm³/mol. The molecule has 8 heteroatoms. The molecule has 2 atom stereocenters. The van der Waals surface area contributed by atoms with Crippen LogP contribution in [0.2, 0.25) is 0 Å². The Labute approximate surface area is 117 Å². The smallest absolute Gasteiger partial charge is 0.459 e. The Morgan fingerprint density at radius 2 is 1.95 bits per heavy atom. The summed E-state index contributed by atoms with van der Waals surface area (Å²) >= 11 is 0. The van der Waals surface area contributed by atoms with E-state index < -0.39 is 30.0 Å². The lowest BCUT2D eigenvalue weighted by atomic mass is 10.1. The second-order valence-electron chi connectivity index (χ2n) is 4.84. The van der Waals surface area contributed by atoms with Gasteiger partial charge in [0, 0.05) is 12.0 Å². The van der Waals surface area contributed by atoms with Gasteiger partial charge >= 0.3 is 12.3 Å². The Kier molecular flexibility index (Phi) is 3.03. The number of nitrogens with zero attached hydrogens (tertiary/aromatic N) is 1. The van der Waals surface area contributed by atoms with Crippen LogP contribution < -0.4 is 4.74 Å². The fourth-order valence-electron chi connectivity index (χ4n) is 2.54. The molecule has 0 saturated carbocycles. The lowest BCUT2D eigenvalue weighted by molar-refractivity contribution is -0.274. The summed E-state index contributed by atoms with van der Waals surface area (Å²) < 4.78 is 44.8. The predicted octanol–water partition coefficient (Wildman–Crippen LogP) is 1.73. The van der Waals surface area contributed by atoms with Gasteiger partial charge in [0.05, 0.1) is 6.54 Å². The molecule has 1 amide bonds. The van der Waals surface area contributed by atoms with E-state index in [0.717, 1.165) is 12.1 Å². The largest absolute Gasteiger partial charge is 0.573 e. The number of fused-ring (bicyclic) bond motifs is 2. The zero-order chi connectivity index (χ0) is 15.2. The van der Waals surface area contributed by atoms with Crippen molar-refractivity contribution in [2.75, 3.05) is 6.54 Å². The van der Waals surface area contributed by atoms with Gasteiger partial charge in [-0.1, -0.05) is 0 Å². The van der Waals surface area contributed by atoms with Crippen molar-refractivity contribution in [3.8, 4) is 5.75 Å². The molecule has 2 heterocycles. The zero-order valence-corrected chi connectivity index (χ0v) is 10.6. The van der Waals surface area contributed by atoms with E-state index in [0.29, 0.717) is 13.0 Å². The van der Waals surface area contributed by atoms with Crippen molar-refractivity contribution < 1.29 is 32.2 Å². The molecule has 0 aromatic heterocycles. The number of esters is 1. The molecule has 2 unspecified atom stereocenters. The summed E-state index contributed by atoms with van der Waals surface area (Å²) in [5.74, 6) is -1.24. The first-order valence-corrected chi connectivity index (χ1v) is 6.21. The van der Waals surface area contributed by atoms with Crippen LogP contribution in [0.15, 0.2) is 24.3 Å². The van der Waals surface area contributed by atoms with Gasteiger partial charge in [-0.05, 0) is 24.3 Å². The lowest BCUT2D eigenvalue weighted by Crippen LogP contribution is -2.44. The number of morpholine rings is 1. The average molecular weight is 301 g/mol. The van der Waals surface area contributed by atoms with E-state index >= 15 is 0 Å². The number of likely N-dealkylation sites (tertiary alicyclic amines) is 1. The highest BCUT2D eigenvalue weighted by atomic mass is 19.4. The Bertz CT molecular complexity index is 584.